The Labute approximate surface area is 125 Å². The van der Waals surface area contributed by atoms with Crippen molar-refractivity contribution in [2.45, 2.75) is 37.9 Å². The Morgan fingerprint density at radius 1 is 1.43 bits per heavy atom. The highest BCUT2D eigenvalue weighted by Crippen LogP contribution is 2.24. The standard InChI is InChI=1S/C17H24FNO2/c1-21-16-7-5-13(6-8-16)9-10-19-12-17(20)14-3-2-4-15(18)11-14/h2-4,9,11,16-17,19-20H,5-8,10,12H2,1H3/t16?,17-/m0/s1. The van der Waals surface area contributed by atoms with Crippen molar-refractivity contribution in [3.8, 4) is 0 Å². The first-order valence-electron chi connectivity index (χ1n) is 7.54. The molecule has 1 aliphatic carbocycles. The monoisotopic (exact) mass is 293 g/mol. The van der Waals surface area contributed by atoms with Gasteiger partial charge in [-0.15, -0.1) is 0 Å². The molecule has 0 aromatic heterocycles. The Bertz CT molecular complexity index is 466. The van der Waals surface area contributed by atoms with E-state index in [9.17, 15) is 9.50 Å². The second-order valence-electron chi connectivity index (χ2n) is 5.53. The van der Waals surface area contributed by atoms with Gasteiger partial charge in [-0.2, -0.15) is 0 Å². The molecule has 1 aliphatic rings. The van der Waals surface area contributed by atoms with Crippen LogP contribution in [0.4, 0.5) is 4.39 Å². The Morgan fingerprint density at radius 3 is 2.86 bits per heavy atom. The van der Waals surface area contributed by atoms with Crippen molar-refractivity contribution in [2.24, 2.45) is 0 Å². The first kappa shape index (κ1) is 16.1. The van der Waals surface area contributed by atoms with Crippen LogP contribution in [0, 0.1) is 5.82 Å². The second-order valence-corrected chi connectivity index (χ2v) is 5.53. The van der Waals surface area contributed by atoms with Crippen molar-refractivity contribution in [3.63, 3.8) is 0 Å². The van der Waals surface area contributed by atoms with Gasteiger partial charge in [0, 0.05) is 20.2 Å². The lowest BCUT2D eigenvalue weighted by molar-refractivity contribution is 0.0801. The summed E-state index contributed by atoms with van der Waals surface area (Å²) in [6, 6.07) is 6.10. The number of halogens is 1. The molecule has 0 heterocycles. The third-order valence-corrected chi connectivity index (χ3v) is 4.01. The maximum absolute atomic E-state index is 13.1. The average molecular weight is 293 g/mol. The van der Waals surface area contributed by atoms with Gasteiger partial charge in [0.15, 0.2) is 0 Å². The fourth-order valence-electron chi connectivity index (χ4n) is 2.67. The van der Waals surface area contributed by atoms with E-state index >= 15 is 0 Å². The molecule has 0 saturated heterocycles. The van der Waals surface area contributed by atoms with Crippen LogP contribution in [-0.4, -0.2) is 31.4 Å². The summed E-state index contributed by atoms with van der Waals surface area (Å²) < 4.78 is 18.4. The highest BCUT2D eigenvalue weighted by molar-refractivity contribution is 5.19. The van der Waals surface area contributed by atoms with Gasteiger partial charge in [-0.05, 0) is 43.4 Å². The molecular weight excluding hydrogens is 269 g/mol. The van der Waals surface area contributed by atoms with Crippen LogP contribution >= 0.6 is 0 Å². The number of methoxy groups -OCH3 is 1. The smallest absolute Gasteiger partial charge is 0.123 e. The predicted octanol–water partition coefficient (Wildman–Crippen LogP) is 2.96. The molecular formula is C17H24FNO2. The first-order valence-corrected chi connectivity index (χ1v) is 7.54. The molecule has 3 nitrogen and oxygen atoms in total. The lowest BCUT2D eigenvalue weighted by atomic mass is 9.92. The number of ether oxygens (including phenoxy) is 1. The predicted molar refractivity (Wildman–Crippen MR) is 81.6 cm³/mol. The summed E-state index contributed by atoms with van der Waals surface area (Å²) in [4.78, 5) is 0. The SMILES string of the molecule is COC1CCC(=CCNC[C@H](O)c2cccc(F)c2)CC1. The van der Waals surface area contributed by atoms with Crippen molar-refractivity contribution < 1.29 is 14.2 Å². The topological polar surface area (TPSA) is 41.5 Å². The van der Waals surface area contributed by atoms with E-state index in [0.717, 1.165) is 32.2 Å². The molecule has 1 aromatic rings. The van der Waals surface area contributed by atoms with E-state index in [1.54, 1.807) is 19.2 Å². The molecule has 2 rings (SSSR count). The first-order chi connectivity index (χ1) is 10.2. The Kier molecular flexibility index (Phi) is 6.36. The molecule has 116 valence electrons. The molecule has 1 fully saturated rings. The van der Waals surface area contributed by atoms with Crippen molar-refractivity contribution in [2.75, 3.05) is 20.2 Å². The lowest BCUT2D eigenvalue weighted by Gasteiger charge is -2.22. The molecule has 0 unspecified atom stereocenters. The van der Waals surface area contributed by atoms with Crippen LogP contribution in [-0.2, 0) is 4.74 Å². The highest BCUT2D eigenvalue weighted by atomic mass is 19.1. The molecule has 0 radical (unpaired) electrons. The lowest BCUT2D eigenvalue weighted by Crippen LogP contribution is -2.22. The largest absolute Gasteiger partial charge is 0.387 e. The van der Waals surface area contributed by atoms with Gasteiger partial charge >= 0.3 is 0 Å². The maximum atomic E-state index is 13.1. The van der Waals surface area contributed by atoms with E-state index in [-0.39, 0.29) is 5.82 Å². The number of aliphatic hydroxyl groups is 1. The molecule has 21 heavy (non-hydrogen) atoms. The number of allylic oxidation sites excluding steroid dienone is 1. The van der Waals surface area contributed by atoms with Gasteiger partial charge in [-0.3, -0.25) is 0 Å². The zero-order valence-corrected chi connectivity index (χ0v) is 12.5. The van der Waals surface area contributed by atoms with Crippen LogP contribution in [0.15, 0.2) is 35.9 Å². The van der Waals surface area contributed by atoms with Gasteiger partial charge in [0.25, 0.3) is 0 Å². The Balaban J connectivity index is 1.70. The van der Waals surface area contributed by atoms with Gasteiger partial charge < -0.3 is 15.2 Å². The molecule has 4 heteroatoms. The quantitative estimate of drug-likeness (QED) is 0.626. The zero-order chi connectivity index (χ0) is 15.1. The van der Waals surface area contributed by atoms with Crippen molar-refractivity contribution >= 4 is 0 Å². The molecule has 1 saturated carbocycles. The van der Waals surface area contributed by atoms with E-state index < -0.39 is 6.10 Å². The van der Waals surface area contributed by atoms with Crippen molar-refractivity contribution in [3.05, 3.63) is 47.3 Å². The highest BCUT2D eigenvalue weighted by Gasteiger charge is 2.15. The molecule has 0 spiro atoms. The van der Waals surface area contributed by atoms with Gasteiger partial charge in [-0.1, -0.05) is 23.8 Å². The third-order valence-electron chi connectivity index (χ3n) is 4.01. The Morgan fingerprint density at radius 2 is 2.19 bits per heavy atom. The number of rotatable bonds is 6. The van der Waals surface area contributed by atoms with Gasteiger partial charge in [0.05, 0.1) is 12.2 Å². The van der Waals surface area contributed by atoms with Crippen molar-refractivity contribution in [1.29, 1.82) is 0 Å². The average Bonchev–Trinajstić information content (AvgIpc) is 2.52. The number of benzene rings is 1. The summed E-state index contributed by atoms with van der Waals surface area (Å²) in [6.45, 7) is 1.16. The number of hydrogen-bond acceptors (Lipinski definition) is 3. The number of aliphatic hydroxyl groups excluding tert-OH is 1. The second kappa shape index (κ2) is 8.27. The van der Waals surface area contributed by atoms with Gasteiger partial charge in [0.2, 0.25) is 0 Å². The summed E-state index contributed by atoms with van der Waals surface area (Å²) in [6.07, 6.45) is 6.29. The van der Waals surface area contributed by atoms with Crippen LogP contribution in [0.1, 0.15) is 37.4 Å². The minimum absolute atomic E-state index is 0.316. The summed E-state index contributed by atoms with van der Waals surface area (Å²) in [5.41, 5.74) is 2.06. The number of nitrogens with one attached hydrogen (secondary N) is 1. The van der Waals surface area contributed by atoms with E-state index in [1.165, 1.54) is 17.7 Å². The molecule has 0 aliphatic heterocycles. The maximum Gasteiger partial charge on any atom is 0.123 e. The van der Waals surface area contributed by atoms with Crippen LogP contribution in [0.5, 0.6) is 0 Å². The molecule has 1 aromatic carbocycles. The van der Waals surface area contributed by atoms with Crippen LogP contribution in [0.2, 0.25) is 0 Å². The minimum Gasteiger partial charge on any atom is -0.387 e. The summed E-state index contributed by atoms with van der Waals surface area (Å²) in [5.74, 6) is -0.316. The fraction of sp³-hybridized carbons (Fsp3) is 0.529. The van der Waals surface area contributed by atoms with Crippen LogP contribution in [0.3, 0.4) is 0 Å². The van der Waals surface area contributed by atoms with Crippen molar-refractivity contribution in [1.82, 2.24) is 5.32 Å². The minimum atomic E-state index is -0.677. The van der Waals surface area contributed by atoms with E-state index in [2.05, 4.69) is 11.4 Å². The molecule has 0 bridgehead atoms. The summed E-state index contributed by atoms with van der Waals surface area (Å²) >= 11 is 0. The van der Waals surface area contributed by atoms with Gasteiger partial charge in [-0.25, -0.2) is 4.39 Å². The number of hydrogen-bond donors (Lipinski definition) is 2. The van der Waals surface area contributed by atoms with E-state index in [0.29, 0.717) is 18.2 Å². The summed E-state index contributed by atoms with van der Waals surface area (Å²) in [5, 5.41) is 13.2. The molecule has 1 atom stereocenters. The molecule has 0 amide bonds. The van der Waals surface area contributed by atoms with E-state index in [4.69, 9.17) is 4.74 Å². The Hall–Kier alpha value is -1.23. The normalized spacial score (nSPS) is 20.3. The molecule has 2 N–H and O–H groups in total. The van der Waals surface area contributed by atoms with Crippen LogP contribution in [0.25, 0.3) is 0 Å². The fourth-order valence-corrected chi connectivity index (χ4v) is 2.67. The van der Waals surface area contributed by atoms with Gasteiger partial charge in [0.1, 0.15) is 5.82 Å². The summed E-state index contributed by atoms with van der Waals surface area (Å²) in [7, 11) is 1.77. The zero-order valence-electron chi connectivity index (χ0n) is 12.5. The van der Waals surface area contributed by atoms with E-state index in [1.807, 2.05) is 0 Å². The van der Waals surface area contributed by atoms with Crippen LogP contribution < -0.4 is 5.32 Å². The third kappa shape index (κ3) is 5.23.